The Hall–Kier alpha value is -1.57. The van der Waals surface area contributed by atoms with Gasteiger partial charge in [0.2, 0.25) is 0 Å². The first kappa shape index (κ1) is 21.7. The summed E-state index contributed by atoms with van der Waals surface area (Å²) < 4.78 is 1.83. The number of rotatable bonds is 5. The Kier molecular flexibility index (Phi) is 8.60. The molecule has 0 radical (unpaired) electrons. The molecule has 1 saturated heterocycles. The second-order valence-electron chi connectivity index (χ2n) is 7.11. The van der Waals surface area contributed by atoms with E-state index in [0.717, 1.165) is 31.2 Å². The lowest BCUT2D eigenvalue weighted by Crippen LogP contribution is -2.48. The quantitative estimate of drug-likeness (QED) is 0.399. The predicted molar refractivity (Wildman–Crippen MR) is 123 cm³/mol. The maximum atomic E-state index is 4.87. The third-order valence-electron chi connectivity index (χ3n) is 5.29. The van der Waals surface area contributed by atoms with Crippen LogP contribution in [0.5, 0.6) is 0 Å². The minimum Gasteiger partial charge on any atom is -0.357 e. The zero-order valence-corrected chi connectivity index (χ0v) is 19.0. The van der Waals surface area contributed by atoms with Gasteiger partial charge >= 0.3 is 0 Å². The normalized spacial score (nSPS) is 20.3. The molecule has 1 aliphatic heterocycles. The van der Waals surface area contributed by atoms with Crippen molar-refractivity contribution in [3.63, 3.8) is 0 Å². The topological polar surface area (TPSA) is 45.5 Å². The molecule has 0 aliphatic carbocycles. The number of aliphatic imine (C=N–C) groups is 1. The monoisotopic (exact) mass is 481 g/mol. The minimum absolute atomic E-state index is 0. The van der Waals surface area contributed by atoms with Gasteiger partial charge in [-0.1, -0.05) is 43.7 Å². The van der Waals surface area contributed by atoms with Crippen molar-refractivity contribution in [2.24, 2.45) is 18.0 Å². The summed E-state index contributed by atoms with van der Waals surface area (Å²) in [7, 11) is 1.94. The van der Waals surface area contributed by atoms with Crippen molar-refractivity contribution in [2.45, 2.75) is 39.2 Å². The molecule has 2 atom stereocenters. The largest absolute Gasteiger partial charge is 0.357 e. The first-order valence-corrected chi connectivity index (χ1v) is 9.77. The van der Waals surface area contributed by atoms with E-state index in [1.165, 1.54) is 18.4 Å². The van der Waals surface area contributed by atoms with Gasteiger partial charge < -0.3 is 10.2 Å². The lowest BCUT2D eigenvalue weighted by molar-refractivity contribution is 0.215. The molecular formula is C21H32IN5. The van der Waals surface area contributed by atoms with Crippen molar-refractivity contribution in [1.29, 1.82) is 0 Å². The van der Waals surface area contributed by atoms with Crippen molar-refractivity contribution < 1.29 is 0 Å². The summed E-state index contributed by atoms with van der Waals surface area (Å²) in [6, 6.07) is 11.0. The molecule has 6 heteroatoms. The van der Waals surface area contributed by atoms with E-state index in [0.29, 0.717) is 18.4 Å². The van der Waals surface area contributed by atoms with Gasteiger partial charge in [0, 0.05) is 38.4 Å². The lowest BCUT2D eigenvalue weighted by atomic mass is 9.79. The zero-order chi connectivity index (χ0) is 18.4. The maximum absolute atomic E-state index is 4.87. The zero-order valence-electron chi connectivity index (χ0n) is 16.6. The van der Waals surface area contributed by atoms with E-state index in [-0.39, 0.29) is 24.0 Å². The van der Waals surface area contributed by atoms with Crippen molar-refractivity contribution in [1.82, 2.24) is 20.0 Å². The second-order valence-corrected chi connectivity index (χ2v) is 7.11. The molecule has 0 saturated carbocycles. The number of benzene rings is 1. The summed E-state index contributed by atoms with van der Waals surface area (Å²) in [5.74, 6) is 2.34. The SMILES string of the molecule is CCNC(=NCc1cnn(C)c1)N1CCC(c2ccccc2)C(CC)C1.I. The number of hydrogen-bond donors (Lipinski definition) is 1. The van der Waals surface area contributed by atoms with Gasteiger partial charge in [-0.15, -0.1) is 24.0 Å². The first-order valence-electron chi connectivity index (χ1n) is 9.77. The Morgan fingerprint density at radius 2 is 2.04 bits per heavy atom. The van der Waals surface area contributed by atoms with E-state index in [9.17, 15) is 0 Å². The molecule has 1 N–H and O–H groups in total. The van der Waals surface area contributed by atoms with Crippen molar-refractivity contribution >= 4 is 29.9 Å². The molecule has 2 aromatic rings. The van der Waals surface area contributed by atoms with Crippen LogP contribution in [0.15, 0.2) is 47.7 Å². The molecule has 1 aliphatic rings. The van der Waals surface area contributed by atoms with Crippen LogP contribution in [0.4, 0.5) is 0 Å². The van der Waals surface area contributed by atoms with Gasteiger partial charge in [0.25, 0.3) is 0 Å². The molecule has 0 amide bonds. The molecule has 0 spiro atoms. The molecule has 148 valence electrons. The van der Waals surface area contributed by atoms with Crippen LogP contribution >= 0.6 is 24.0 Å². The van der Waals surface area contributed by atoms with Gasteiger partial charge in [-0.05, 0) is 30.7 Å². The van der Waals surface area contributed by atoms with E-state index in [1.807, 2.05) is 24.1 Å². The molecule has 5 nitrogen and oxygen atoms in total. The maximum Gasteiger partial charge on any atom is 0.194 e. The Morgan fingerprint density at radius 3 is 2.67 bits per heavy atom. The molecule has 1 aromatic carbocycles. The fourth-order valence-electron chi connectivity index (χ4n) is 3.92. The van der Waals surface area contributed by atoms with Crippen LogP contribution in [0.1, 0.15) is 43.7 Å². The molecular weight excluding hydrogens is 449 g/mol. The lowest BCUT2D eigenvalue weighted by Gasteiger charge is -2.40. The Bertz CT molecular complexity index is 712. The highest BCUT2D eigenvalue weighted by Crippen LogP contribution is 2.34. The summed E-state index contributed by atoms with van der Waals surface area (Å²) in [6.45, 7) is 8.12. The number of hydrogen-bond acceptors (Lipinski definition) is 2. The Morgan fingerprint density at radius 1 is 1.26 bits per heavy atom. The van der Waals surface area contributed by atoms with E-state index in [1.54, 1.807) is 0 Å². The van der Waals surface area contributed by atoms with Crippen molar-refractivity contribution in [3.8, 4) is 0 Å². The van der Waals surface area contributed by atoms with Crippen LogP contribution in [0.25, 0.3) is 0 Å². The molecule has 0 bridgehead atoms. The Balaban J connectivity index is 0.00000261. The van der Waals surface area contributed by atoms with Crippen LogP contribution in [0.3, 0.4) is 0 Å². The average Bonchev–Trinajstić information content (AvgIpc) is 3.10. The smallest absolute Gasteiger partial charge is 0.194 e. The highest BCUT2D eigenvalue weighted by atomic mass is 127. The molecule has 2 heterocycles. The Labute approximate surface area is 180 Å². The number of aromatic nitrogens is 2. The van der Waals surface area contributed by atoms with Crippen LogP contribution in [-0.4, -0.2) is 40.3 Å². The summed E-state index contributed by atoms with van der Waals surface area (Å²) in [4.78, 5) is 7.30. The minimum atomic E-state index is 0. The number of nitrogens with zero attached hydrogens (tertiary/aromatic N) is 4. The average molecular weight is 481 g/mol. The molecule has 1 aromatic heterocycles. The fourth-order valence-corrected chi connectivity index (χ4v) is 3.92. The number of nitrogens with one attached hydrogen (secondary N) is 1. The third-order valence-corrected chi connectivity index (χ3v) is 5.29. The summed E-state index contributed by atoms with van der Waals surface area (Å²) in [6.07, 6.45) is 6.30. The van der Waals surface area contributed by atoms with E-state index < -0.39 is 0 Å². The fraction of sp³-hybridized carbons (Fsp3) is 0.524. The molecule has 2 unspecified atom stereocenters. The summed E-state index contributed by atoms with van der Waals surface area (Å²) >= 11 is 0. The molecule has 1 fully saturated rings. The molecule has 27 heavy (non-hydrogen) atoms. The van der Waals surface area contributed by atoms with Gasteiger partial charge in [0.1, 0.15) is 0 Å². The van der Waals surface area contributed by atoms with Gasteiger partial charge in [-0.25, -0.2) is 4.99 Å². The van der Waals surface area contributed by atoms with Crippen molar-refractivity contribution in [2.75, 3.05) is 19.6 Å². The molecule has 3 rings (SSSR count). The number of piperidine rings is 1. The van der Waals surface area contributed by atoms with Gasteiger partial charge in [0.15, 0.2) is 5.96 Å². The number of likely N-dealkylation sites (tertiary alicyclic amines) is 1. The van der Waals surface area contributed by atoms with Gasteiger partial charge in [0.05, 0.1) is 12.7 Å². The van der Waals surface area contributed by atoms with Gasteiger partial charge in [-0.3, -0.25) is 4.68 Å². The number of aryl methyl sites for hydroxylation is 1. The predicted octanol–water partition coefficient (Wildman–Crippen LogP) is 4.02. The summed E-state index contributed by atoms with van der Waals surface area (Å²) in [5, 5.41) is 7.71. The van der Waals surface area contributed by atoms with Crippen LogP contribution in [0, 0.1) is 5.92 Å². The first-order chi connectivity index (χ1) is 12.7. The highest BCUT2D eigenvalue weighted by Gasteiger charge is 2.30. The van der Waals surface area contributed by atoms with E-state index >= 15 is 0 Å². The van der Waals surface area contributed by atoms with Gasteiger partial charge in [-0.2, -0.15) is 5.10 Å². The van der Waals surface area contributed by atoms with E-state index in [2.05, 4.69) is 59.5 Å². The standard InChI is InChI=1S/C21H31N5.HI/c1-4-18-16-26(12-11-20(18)19-9-7-6-8-10-19)21(22-5-2)23-13-17-14-24-25(3)15-17;/h6-10,14-15,18,20H,4-5,11-13,16H2,1-3H3,(H,22,23);1H. The number of halogens is 1. The van der Waals surface area contributed by atoms with Crippen LogP contribution < -0.4 is 5.32 Å². The van der Waals surface area contributed by atoms with Crippen molar-refractivity contribution in [3.05, 3.63) is 53.9 Å². The summed E-state index contributed by atoms with van der Waals surface area (Å²) in [5.41, 5.74) is 2.63. The van der Waals surface area contributed by atoms with E-state index in [4.69, 9.17) is 4.99 Å². The number of guanidine groups is 1. The van der Waals surface area contributed by atoms with Crippen LogP contribution in [0.2, 0.25) is 0 Å². The highest BCUT2D eigenvalue weighted by molar-refractivity contribution is 14.0. The van der Waals surface area contributed by atoms with Crippen LogP contribution in [-0.2, 0) is 13.6 Å². The second kappa shape index (κ2) is 10.7. The third kappa shape index (κ3) is 5.70.